The maximum atomic E-state index is 11.1. The van der Waals surface area contributed by atoms with Crippen molar-refractivity contribution < 1.29 is 14.9 Å². The lowest BCUT2D eigenvalue weighted by Gasteiger charge is -2.29. The van der Waals surface area contributed by atoms with E-state index in [4.69, 9.17) is 9.68 Å². The molecule has 0 radical (unpaired) electrons. The zero-order valence-corrected chi connectivity index (χ0v) is 7.08. The number of methoxy groups -OCH3 is 1. The standard InChI is InChI=1S/C7H14N2O3/c1-11-5-2-3-7-6(4-5)8-12-9(7)10/h5-9H,2-4H2,1H3. The van der Waals surface area contributed by atoms with Crippen molar-refractivity contribution in [2.24, 2.45) is 0 Å². The van der Waals surface area contributed by atoms with Gasteiger partial charge in [0.05, 0.1) is 12.1 Å². The van der Waals surface area contributed by atoms with Crippen LogP contribution in [0, 0.1) is 5.21 Å². The Labute approximate surface area is 71.1 Å². The Morgan fingerprint density at radius 3 is 3.17 bits per heavy atom. The van der Waals surface area contributed by atoms with Crippen molar-refractivity contribution in [1.82, 2.24) is 5.48 Å². The zero-order chi connectivity index (χ0) is 8.55. The quantitative estimate of drug-likeness (QED) is 0.488. The third kappa shape index (κ3) is 1.34. The monoisotopic (exact) mass is 174 g/mol. The Bertz CT molecular complexity index is 167. The number of hydrogen-bond acceptors (Lipinski definition) is 4. The van der Waals surface area contributed by atoms with Gasteiger partial charge in [0.2, 0.25) is 0 Å². The number of fused-ring (bicyclic) bond motifs is 1. The summed E-state index contributed by atoms with van der Waals surface area (Å²) in [7, 11) is 1.71. The Kier molecular flexibility index (Phi) is 2.29. The molecule has 5 heteroatoms. The van der Waals surface area contributed by atoms with Crippen molar-refractivity contribution >= 4 is 0 Å². The molecule has 1 saturated heterocycles. The normalized spacial score (nSPS) is 47.5. The van der Waals surface area contributed by atoms with Crippen molar-refractivity contribution in [2.45, 2.75) is 37.5 Å². The van der Waals surface area contributed by atoms with Crippen molar-refractivity contribution in [3.63, 3.8) is 0 Å². The van der Waals surface area contributed by atoms with Gasteiger partial charge in [-0.25, -0.2) is 0 Å². The van der Waals surface area contributed by atoms with E-state index in [1.54, 1.807) is 7.11 Å². The van der Waals surface area contributed by atoms with Gasteiger partial charge in [0, 0.05) is 13.5 Å². The van der Waals surface area contributed by atoms with Gasteiger partial charge in [-0.15, -0.1) is 10.4 Å². The average Bonchev–Trinajstić information content (AvgIpc) is 2.47. The molecular formula is C7H14N2O3. The highest BCUT2D eigenvalue weighted by Crippen LogP contribution is 2.21. The van der Waals surface area contributed by atoms with Gasteiger partial charge in [0.15, 0.2) is 0 Å². The highest BCUT2D eigenvalue weighted by molar-refractivity contribution is 4.84. The molecular weight excluding hydrogens is 160 g/mol. The number of quaternary nitrogens is 1. The average molecular weight is 174 g/mol. The van der Waals surface area contributed by atoms with E-state index in [-0.39, 0.29) is 23.4 Å². The van der Waals surface area contributed by atoms with Crippen molar-refractivity contribution in [3.8, 4) is 0 Å². The molecule has 1 aliphatic heterocycles. The second-order valence-electron chi connectivity index (χ2n) is 3.42. The van der Waals surface area contributed by atoms with Crippen LogP contribution < -0.4 is 10.7 Å². The van der Waals surface area contributed by atoms with Gasteiger partial charge in [0.1, 0.15) is 6.04 Å². The summed E-state index contributed by atoms with van der Waals surface area (Å²) in [6.45, 7) is 0. The minimum atomic E-state index is -0.102. The molecule has 2 fully saturated rings. The van der Waals surface area contributed by atoms with Gasteiger partial charge < -0.3 is 9.94 Å². The van der Waals surface area contributed by atoms with Crippen molar-refractivity contribution in [2.75, 3.05) is 7.11 Å². The Morgan fingerprint density at radius 2 is 2.42 bits per heavy atom. The van der Waals surface area contributed by atoms with E-state index in [0.29, 0.717) is 0 Å². The van der Waals surface area contributed by atoms with Gasteiger partial charge in [-0.3, -0.25) is 0 Å². The summed E-state index contributed by atoms with van der Waals surface area (Å²) in [4.78, 5) is 4.75. The van der Waals surface area contributed by atoms with E-state index in [0.717, 1.165) is 19.3 Å². The topological polar surface area (TPSA) is 58.0 Å². The molecule has 4 unspecified atom stereocenters. The van der Waals surface area contributed by atoms with Crippen molar-refractivity contribution in [1.29, 1.82) is 0 Å². The van der Waals surface area contributed by atoms with E-state index in [2.05, 4.69) is 5.48 Å². The lowest BCUT2D eigenvalue weighted by atomic mass is 9.89. The summed E-state index contributed by atoms with van der Waals surface area (Å²) < 4.78 is 5.23. The minimum Gasteiger partial charge on any atom is -0.598 e. The first-order valence-electron chi connectivity index (χ1n) is 4.30. The van der Waals surface area contributed by atoms with Crippen LogP contribution in [-0.2, 0) is 9.68 Å². The van der Waals surface area contributed by atoms with Gasteiger partial charge in [-0.05, 0) is 12.8 Å². The first-order chi connectivity index (χ1) is 5.81. The largest absolute Gasteiger partial charge is 0.598 e. The van der Waals surface area contributed by atoms with E-state index >= 15 is 0 Å². The predicted octanol–water partition coefficient (Wildman–Crippen LogP) is -1.24. The van der Waals surface area contributed by atoms with E-state index < -0.39 is 0 Å². The molecule has 1 heterocycles. The highest BCUT2D eigenvalue weighted by Gasteiger charge is 2.41. The van der Waals surface area contributed by atoms with Gasteiger partial charge >= 0.3 is 0 Å². The van der Waals surface area contributed by atoms with E-state index in [9.17, 15) is 5.21 Å². The number of hydrogen-bond donors (Lipinski definition) is 2. The molecule has 1 saturated carbocycles. The van der Waals surface area contributed by atoms with Crippen LogP contribution in [0.2, 0.25) is 0 Å². The smallest absolute Gasteiger partial charge is 0.137 e. The fourth-order valence-electron chi connectivity index (χ4n) is 1.97. The first kappa shape index (κ1) is 8.40. The van der Waals surface area contributed by atoms with Crippen LogP contribution in [0.25, 0.3) is 0 Å². The van der Waals surface area contributed by atoms with Crippen LogP contribution in [0.4, 0.5) is 0 Å². The summed E-state index contributed by atoms with van der Waals surface area (Å²) in [5.74, 6) is 0. The fourth-order valence-corrected chi connectivity index (χ4v) is 1.97. The second kappa shape index (κ2) is 3.27. The van der Waals surface area contributed by atoms with Crippen LogP contribution in [0.1, 0.15) is 19.3 Å². The summed E-state index contributed by atoms with van der Waals surface area (Å²) in [6.07, 6.45) is 3.02. The molecule has 0 aromatic heterocycles. The molecule has 0 bridgehead atoms. The second-order valence-corrected chi connectivity index (χ2v) is 3.42. The molecule has 4 atom stereocenters. The molecule has 12 heavy (non-hydrogen) atoms. The van der Waals surface area contributed by atoms with Gasteiger partial charge in [-0.2, -0.15) is 5.23 Å². The number of rotatable bonds is 1. The van der Waals surface area contributed by atoms with Crippen LogP contribution >= 0.6 is 0 Å². The minimum absolute atomic E-state index is 0.0661. The van der Waals surface area contributed by atoms with Crippen LogP contribution in [0.5, 0.6) is 0 Å². The molecule has 0 aromatic carbocycles. The number of hydroxylamine groups is 3. The molecule has 0 spiro atoms. The summed E-state index contributed by atoms with van der Waals surface area (Å²) in [5.41, 5.74) is 2.74. The predicted molar refractivity (Wildman–Crippen MR) is 40.8 cm³/mol. The maximum absolute atomic E-state index is 11.1. The molecule has 2 rings (SSSR count). The van der Waals surface area contributed by atoms with Crippen molar-refractivity contribution in [3.05, 3.63) is 5.21 Å². The van der Waals surface area contributed by atoms with Crippen LogP contribution in [0.15, 0.2) is 0 Å². The summed E-state index contributed by atoms with van der Waals surface area (Å²) in [5, 5.41) is 11.0. The molecule has 1 aliphatic carbocycles. The molecule has 0 aromatic rings. The lowest BCUT2D eigenvalue weighted by molar-refractivity contribution is -1.06. The third-order valence-corrected chi connectivity index (χ3v) is 2.75. The van der Waals surface area contributed by atoms with E-state index in [1.807, 2.05) is 0 Å². The van der Waals surface area contributed by atoms with Crippen LogP contribution in [-0.4, -0.2) is 25.3 Å². The number of nitrogens with one attached hydrogen (secondary N) is 2. The molecule has 0 amide bonds. The molecule has 5 nitrogen and oxygen atoms in total. The first-order valence-corrected chi connectivity index (χ1v) is 4.30. The van der Waals surface area contributed by atoms with Crippen LogP contribution in [0.3, 0.4) is 0 Å². The molecule has 2 N–H and O–H groups in total. The zero-order valence-electron chi connectivity index (χ0n) is 7.08. The highest BCUT2D eigenvalue weighted by atomic mass is 17.0. The SMILES string of the molecule is COC1CCC2C(C1)NO[NH+]2[O-]. The third-order valence-electron chi connectivity index (χ3n) is 2.75. The van der Waals surface area contributed by atoms with Gasteiger partial charge in [-0.1, -0.05) is 0 Å². The fraction of sp³-hybridized carbons (Fsp3) is 1.00. The molecule has 2 aliphatic rings. The summed E-state index contributed by atoms with van der Waals surface area (Å²) >= 11 is 0. The Morgan fingerprint density at radius 1 is 1.58 bits per heavy atom. The Hall–Kier alpha value is -0.200. The van der Waals surface area contributed by atoms with Gasteiger partial charge in [0.25, 0.3) is 0 Å². The number of ether oxygens (including phenoxy) is 1. The Balaban J connectivity index is 1.95. The lowest BCUT2D eigenvalue weighted by Crippen LogP contribution is -3.09. The maximum Gasteiger partial charge on any atom is 0.137 e. The molecule has 70 valence electrons. The van der Waals surface area contributed by atoms with E-state index in [1.165, 1.54) is 0 Å². The summed E-state index contributed by atoms with van der Waals surface area (Å²) in [6, 6.07) is 0.243.